The Labute approximate surface area is 54.6 Å². The van der Waals surface area contributed by atoms with Crippen molar-refractivity contribution in [3.63, 3.8) is 0 Å². The number of hydrogen-bond donors (Lipinski definition) is 3. The van der Waals surface area contributed by atoms with Crippen molar-refractivity contribution in [2.24, 2.45) is 5.73 Å². The van der Waals surface area contributed by atoms with E-state index < -0.39 is 0 Å². The molecule has 9 heavy (non-hydrogen) atoms. The lowest BCUT2D eigenvalue weighted by Gasteiger charge is -2.13. The number of nitrogens with one attached hydrogen (secondary N) is 2. The SMILES string of the molecule is CCC1=C(N)NNC=C1. The van der Waals surface area contributed by atoms with Crippen molar-refractivity contribution in [2.75, 3.05) is 0 Å². The minimum atomic E-state index is 0.722. The summed E-state index contributed by atoms with van der Waals surface area (Å²) in [6.45, 7) is 2.07. The van der Waals surface area contributed by atoms with Crippen LogP contribution in [-0.4, -0.2) is 0 Å². The molecule has 50 valence electrons. The van der Waals surface area contributed by atoms with E-state index in [1.165, 1.54) is 0 Å². The van der Waals surface area contributed by atoms with E-state index in [0.717, 1.165) is 17.8 Å². The molecule has 0 saturated carbocycles. The van der Waals surface area contributed by atoms with E-state index in [0.29, 0.717) is 0 Å². The molecule has 0 aromatic carbocycles. The third-order valence-corrected chi connectivity index (χ3v) is 1.30. The van der Waals surface area contributed by atoms with E-state index in [-0.39, 0.29) is 0 Å². The van der Waals surface area contributed by atoms with Crippen molar-refractivity contribution in [3.05, 3.63) is 23.7 Å². The highest BCUT2D eigenvalue weighted by Gasteiger charge is 1.98. The van der Waals surface area contributed by atoms with Crippen LogP contribution >= 0.6 is 0 Å². The summed E-state index contributed by atoms with van der Waals surface area (Å²) in [4.78, 5) is 0. The molecule has 0 radical (unpaired) electrons. The topological polar surface area (TPSA) is 50.1 Å². The molecular formula is C6H11N3. The van der Waals surface area contributed by atoms with Gasteiger partial charge in [0.1, 0.15) is 5.82 Å². The van der Waals surface area contributed by atoms with Gasteiger partial charge < -0.3 is 11.2 Å². The number of allylic oxidation sites excluding steroid dienone is 2. The zero-order chi connectivity index (χ0) is 6.69. The van der Waals surface area contributed by atoms with Crippen molar-refractivity contribution >= 4 is 0 Å². The average molecular weight is 125 g/mol. The highest BCUT2D eigenvalue weighted by molar-refractivity contribution is 5.24. The first-order valence-electron chi connectivity index (χ1n) is 3.01. The smallest absolute Gasteiger partial charge is 0.118 e. The second kappa shape index (κ2) is 2.44. The first-order valence-corrected chi connectivity index (χ1v) is 3.01. The molecular weight excluding hydrogens is 114 g/mol. The molecule has 1 aliphatic heterocycles. The number of hydrogen-bond acceptors (Lipinski definition) is 3. The van der Waals surface area contributed by atoms with Crippen molar-refractivity contribution in [2.45, 2.75) is 13.3 Å². The summed E-state index contributed by atoms with van der Waals surface area (Å²) >= 11 is 0. The molecule has 0 aromatic rings. The summed E-state index contributed by atoms with van der Waals surface area (Å²) in [5.41, 5.74) is 12.3. The Morgan fingerprint density at radius 2 is 2.44 bits per heavy atom. The average Bonchev–Trinajstić information content (AvgIpc) is 1.89. The predicted molar refractivity (Wildman–Crippen MR) is 36.9 cm³/mol. The van der Waals surface area contributed by atoms with Crippen LogP contribution in [0, 0.1) is 0 Å². The molecule has 0 atom stereocenters. The summed E-state index contributed by atoms with van der Waals surface area (Å²) in [7, 11) is 0. The molecule has 0 spiro atoms. The van der Waals surface area contributed by atoms with Crippen LogP contribution < -0.4 is 16.6 Å². The van der Waals surface area contributed by atoms with Gasteiger partial charge >= 0.3 is 0 Å². The Balaban J connectivity index is 2.72. The monoisotopic (exact) mass is 125 g/mol. The summed E-state index contributed by atoms with van der Waals surface area (Å²) < 4.78 is 0. The third kappa shape index (κ3) is 1.16. The van der Waals surface area contributed by atoms with E-state index in [4.69, 9.17) is 5.73 Å². The molecule has 3 nitrogen and oxygen atoms in total. The van der Waals surface area contributed by atoms with Gasteiger partial charge in [-0.2, -0.15) is 0 Å². The number of hydrazine groups is 1. The minimum absolute atomic E-state index is 0.722. The molecule has 1 heterocycles. The molecule has 4 N–H and O–H groups in total. The highest BCUT2D eigenvalue weighted by atomic mass is 15.4. The Morgan fingerprint density at radius 3 is 2.89 bits per heavy atom. The predicted octanol–water partition coefficient (Wildman–Crippen LogP) is 0.188. The van der Waals surface area contributed by atoms with E-state index in [1.807, 2.05) is 12.3 Å². The largest absolute Gasteiger partial charge is 0.384 e. The Hall–Kier alpha value is -1.12. The zero-order valence-corrected chi connectivity index (χ0v) is 5.44. The highest BCUT2D eigenvalue weighted by Crippen LogP contribution is 2.05. The lowest BCUT2D eigenvalue weighted by molar-refractivity contribution is 0.692. The van der Waals surface area contributed by atoms with Crippen LogP contribution in [-0.2, 0) is 0 Å². The lowest BCUT2D eigenvalue weighted by atomic mass is 10.2. The molecule has 3 heteroatoms. The fraction of sp³-hybridized carbons (Fsp3) is 0.333. The van der Waals surface area contributed by atoms with Gasteiger partial charge in [0.15, 0.2) is 0 Å². The van der Waals surface area contributed by atoms with Crippen molar-refractivity contribution in [1.82, 2.24) is 10.9 Å². The molecule has 0 aromatic heterocycles. The summed E-state index contributed by atoms with van der Waals surface area (Å²) in [5, 5.41) is 0. The van der Waals surface area contributed by atoms with Gasteiger partial charge in [0, 0.05) is 6.20 Å². The standard InChI is InChI=1S/C6H11N3/c1-2-5-3-4-8-9-6(5)7/h3-4,8-9H,2,7H2,1H3. The van der Waals surface area contributed by atoms with Crippen molar-refractivity contribution < 1.29 is 0 Å². The maximum Gasteiger partial charge on any atom is 0.118 e. The van der Waals surface area contributed by atoms with Gasteiger partial charge in [0.25, 0.3) is 0 Å². The summed E-state index contributed by atoms with van der Waals surface area (Å²) in [6, 6.07) is 0. The first kappa shape index (κ1) is 6.01. The van der Waals surface area contributed by atoms with Gasteiger partial charge in [-0.1, -0.05) is 6.92 Å². The number of nitrogens with two attached hydrogens (primary N) is 1. The van der Waals surface area contributed by atoms with Crippen LogP contribution in [0.1, 0.15) is 13.3 Å². The molecule has 0 unspecified atom stereocenters. The normalized spacial score (nSPS) is 17.0. The van der Waals surface area contributed by atoms with Crippen LogP contribution in [0.5, 0.6) is 0 Å². The fourth-order valence-electron chi connectivity index (χ4n) is 0.740. The summed E-state index contributed by atoms with van der Waals surface area (Å²) in [5.74, 6) is 0.722. The Bertz CT molecular complexity index is 158. The maximum absolute atomic E-state index is 5.54. The Kier molecular flexibility index (Phi) is 1.63. The lowest BCUT2D eigenvalue weighted by Crippen LogP contribution is -2.33. The van der Waals surface area contributed by atoms with E-state index in [1.54, 1.807) is 0 Å². The Morgan fingerprint density at radius 1 is 1.67 bits per heavy atom. The second-order valence-electron chi connectivity index (χ2n) is 1.90. The van der Waals surface area contributed by atoms with Gasteiger partial charge in [-0.25, -0.2) is 0 Å². The molecule has 1 aliphatic rings. The van der Waals surface area contributed by atoms with Crippen LogP contribution in [0.2, 0.25) is 0 Å². The molecule has 0 fully saturated rings. The van der Waals surface area contributed by atoms with Gasteiger partial charge in [0.2, 0.25) is 0 Å². The maximum atomic E-state index is 5.54. The van der Waals surface area contributed by atoms with Crippen LogP contribution in [0.15, 0.2) is 23.7 Å². The fourth-order valence-corrected chi connectivity index (χ4v) is 0.740. The van der Waals surface area contributed by atoms with Crippen LogP contribution in [0.25, 0.3) is 0 Å². The molecule has 0 amide bonds. The van der Waals surface area contributed by atoms with Crippen LogP contribution in [0.4, 0.5) is 0 Å². The van der Waals surface area contributed by atoms with Crippen LogP contribution in [0.3, 0.4) is 0 Å². The molecule has 0 bridgehead atoms. The second-order valence-corrected chi connectivity index (χ2v) is 1.90. The first-order chi connectivity index (χ1) is 4.34. The minimum Gasteiger partial charge on any atom is -0.384 e. The van der Waals surface area contributed by atoms with Crippen molar-refractivity contribution in [3.8, 4) is 0 Å². The van der Waals surface area contributed by atoms with Gasteiger partial charge in [0.05, 0.1) is 0 Å². The number of rotatable bonds is 1. The summed E-state index contributed by atoms with van der Waals surface area (Å²) in [6.07, 6.45) is 4.76. The third-order valence-electron chi connectivity index (χ3n) is 1.30. The van der Waals surface area contributed by atoms with Gasteiger partial charge in [-0.15, -0.1) is 0 Å². The van der Waals surface area contributed by atoms with E-state index in [9.17, 15) is 0 Å². The van der Waals surface area contributed by atoms with Crippen molar-refractivity contribution in [1.29, 1.82) is 0 Å². The van der Waals surface area contributed by atoms with E-state index in [2.05, 4.69) is 17.8 Å². The molecule has 1 rings (SSSR count). The molecule has 0 saturated heterocycles. The quantitative estimate of drug-likeness (QED) is 0.469. The van der Waals surface area contributed by atoms with E-state index >= 15 is 0 Å². The van der Waals surface area contributed by atoms with Gasteiger partial charge in [-0.3, -0.25) is 5.43 Å². The molecule has 0 aliphatic carbocycles. The van der Waals surface area contributed by atoms with Gasteiger partial charge in [-0.05, 0) is 18.1 Å². The zero-order valence-electron chi connectivity index (χ0n) is 5.44.